The lowest BCUT2D eigenvalue weighted by molar-refractivity contribution is 0.660. The molecule has 0 radical (unpaired) electrons. The van der Waals surface area contributed by atoms with E-state index in [1.165, 1.54) is 12.1 Å². The van der Waals surface area contributed by atoms with E-state index in [0.29, 0.717) is 22.3 Å². The van der Waals surface area contributed by atoms with Crippen LogP contribution in [0.15, 0.2) is 48.4 Å². The Labute approximate surface area is 99.0 Å². The van der Waals surface area contributed by atoms with Gasteiger partial charge in [0.1, 0.15) is 0 Å². The molecule has 0 N–H and O–H groups in total. The summed E-state index contributed by atoms with van der Waals surface area (Å²) in [5.41, 5.74) is 1.23. The molecule has 0 saturated heterocycles. The molecule has 0 spiro atoms. The Morgan fingerprint density at radius 3 is 1.80 bits per heavy atom. The first-order valence-corrected chi connectivity index (χ1v) is 4.90. The third-order valence-corrected chi connectivity index (χ3v) is 2.97. The van der Waals surface area contributed by atoms with Crippen molar-refractivity contribution in [2.24, 2.45) is 0 Å². The van der Waals surface area contributed by atoms with Gasteiger partial charge in [0.25, 0.3) is 0 Å². The highest BCUT2D eigenvalue weighted by Gasteiger charge is 2.34. The van der Waals surface area contributed by atoms with Gasteiger partial charge in [-0.25, -0.2) is 0 Å². The Hall–Kier alpha value is -1.56. The highest BCUT2D eigenvalue weighted by atomic mass is 14.4. The van der Waals surface area contributed by atoms with Gasteiger partial charge in [-0.05, 0) is 22.3 Å². The maximum atomic E-state index is 8.14. The third kappa shape index (κ3) is 1.02. The van der Waals surface area contributed by atoms with Crippen LogP contribution in [0.1, 0.15) is 33.2 Å². The van der Waals surface area contributed by atoms with Gasteiger partial charge in [0.15, 0.2) is 0 Å². The number of hydrogen-bond donors (Lipinski definition) is 0. The average Bonchev–Trinajstić information content (AvgIpc) is 2.62. The van der Waals surface area contributed by atoms with E-state index in [1.807, 2.05) is 13.8 Å². The topological polar surface area (TPSA) is 0 Å². The standard InChI is InChI=1S/C15H14/c1-15(2)13-9-5-3-7-11(13)12-8-4-6-10-14(12)15/h3-10H,1-2H3/i3D,4D,7D,8D,9D,10D. The zero-order valence-corrected chi connectivity index (χ0v) is 8.65. The molecule has 0 bridgehead atoms. The Morgan fingerprint density at radius 1 is 0.867 bits per heavy atom. The summed E-state index contributed by atoms with van der Waals surface area (Å²) in [5.74, 6) is 0. The monoisotopic (exact) mass is 200 g/mol. The second-order valence-corrected chi connectivity index (χ2v) is 4.24. The minimum Gasteiger partial charge on any atom is -0.0619 e. The molecule has 1 aliphatic rings. The lowest BCUT2D eigenvalue weighted by Crippen LogP contribution is -2.14. The molecule has 3 rings (SSSR count). The molecule has 2 aromatic carbocycles. The molecule has 0 unspecified atom stereocenters. The van der Waals surface area contributed by atoms with Gasteiger partial charge in [0, 0.05) is 5.41 Å². The molecular formula is C15H14. The maximum absolute atomic E-state index is 8.14. The Balaban J connectivity index is 2.59. The van der Waals surface area contributed by atoms with Crippen molar-refractivity contribution in [3.05, 3.63) is 59.5 Å². The van der Waals surface area contributed by atoms with Gasteiger partial charge in [-0.1, -0.05) is 62.2 Å². The van der Waals surface area contributed by atoms with E-state index in [0.717, 1.165) is 0 Å². The summed E-state index contributed by atoms with van der Waals surface area (Å²) in [6, 6.07) is 2.77. The molecule has 0 atom stereocenters. The van der Waals surface area contributed by atoms with Crippen molar-refractivity contribution < 1.29 is 8.22 Å². The summed E-state index contributed by atoms with van der Waals surface area (Å²) >= 11 is 0. The number of hydrogen-bond acceptors (Lipinski definition) is 0. The molecule has 0 amide bonds. The van der Waals surface area contributed by atoms with Gasteiger partial charge < -0.3 is 0 Å². The van der Waals surface area contributed by atoms with Gasteiger partial charge in [0.05, 0.1) is 8.22 Å². The summed E-state index contributed by atoms with van der Waals surface area (Å²) in [6.07, 6.45) is 0. The van der Waals surface area contributed by atoms with Crippen LogP contribution in [0.2, 0.25) is 0 Å². The van der Waals surface area contributed by atoms with E-state index < -0.39 is 5.41 Å². The molecule has 0 aromatic heterocycles. The summed E-state index contributed by atoms with van der Waals surface area (Å²) < 4.78 is 48.2. The number of fused-ring (bicyclic) bond motifs is 3. The fourth-order valence-corrected chi connectivity index (χ4v) is 2.19. The van der Waals surface area contributed by atoms with E-state index in [-0.39, 0.29) is 36.3 Å². The van der Waals surface area contributed by atoms with Crippen molar-refractivity contribution in [3.63, 3.8) is 0 Å². The first-order chi connectivity index (χ1) is 9.67. The normalized spacial score (nSPS) is 21.5. The van der Waals surface area contributed by atoms with Gasteiger partial charge in [-0.3, -0.25) is 0 Å². The summed E-state index contributed by atoms with van der Waals surface area (Å²) in [5, 5.41) is 0. The zero-order chi connectivity index (χ0) is 15.7. The van der Waals surface area contributed by atoms with Crippen LogP contribution in [0.5, 0.6) is 0 Å². The molecule has 1 aliphatic carbocycles. The molecule has 0 nitrogen and oxygen atoms in total. The number of rotatable bonds is 0. The molecule has 2 aromatic rings. The molecule has 0 fully saturated rings. The van der Waals surface area contributed by atoms with E-state index in [1.54, 1.807) is 0 Å². The van der Waals surface area contributed by atoms with Crippen molar-refractivity contribution in [1.82, 2.24) is 0 Å². The third-order valence-electron chi connectivity index (χ3n) is 2.97. The van der Waals surface area contributed by atoms with Crippen LogP contribution in [0.3, 0.4) is 0 Å². The van der Waals surface area contributed by atoms with E-state index in [9.17, 15) is 0 Å². The highest BCUT2D eigenvalue weighted by molar-refractivity contribution is 5.80. The first-order valence-electron chi connectivity index (χ1n) is 7.90. The molecule has 74 valence electrons. The van der Waals surface area contributed by atoms with Gasteiger partial charge >= 0.3 is 0 Å². The molecule has 15 heavy (non-hydrogen) atoms. The summed E-state index contributed by atoms with van der Waals surface area (Å²) in [6.45, 7) is 3.72. The lowest BCUT2D eigenvalue weighted by atomic mass is 9.82. The van der Waals surface area contributed by atoms with Crippen LogP contribution in [0.25, 0.3) is 11.1 Å². The summed E-state index contributed by atoms with van der Waals surface area (Å²) in [7, 11) is 0. The van der Waals surface area contributed by atoms with Crippen LogP contribution in [-0.2, 0) is 5.41 Å². The maximum Gasteiger partial charge on any atom is 0.0629 e. The van der Waals surface area contributed by atoms with Gasteiger partial charge in [-0.15, -0.1) is 0 Å². The lowest BCUT2D eigenvalue weighted by Gasteiger charge is -2.20. The summed E-state index contributed by atoms with van der Waals surface area (Å²) in [4.78, 5) is 0. The van der Waals surface area contributed by atoms with Gasteiger partial charge in [-0.2, -0.15) is 0 Å². The van der Waals surface area contributed by atoms with Crippen molar-refractivity contribution in [2.75, 3.05) is 0 Å². The van der Waals surface area contributed by atoms with E-state index >= 15 is 0 Å². The van der Waals surface area contributed by atoms with Crippen molar-refractivity contribution in [1.29, 1.82) is 0 Å². The minimum absolute atomic E-state index is 0.0358. The van der Waals surface area contributed by atoms with Crippen molar-refractivity contribution >= 4 is 0 Å². The predicted octanol–water partition coefficient (Wildman–Crippen LogP) is 3.99. The quantitative estimate of drug-likeness (QED) is 0.603. The fraction of sp³-hybridized carbons (Fsp3) is 0.200. The largest absolute Gasteiger partial charge is 0.0629 e. The molecular weight excluding hydrogens is 180 g/mol. The second kappa shape index (κ2) is 2.73. The van der Waals surface area contributed by atoms with Crippen LogP contribution in [0, 0.1) is 0 Å². The SMILES string of the molecule is [2H]c1cc([2H])c2c(c1[2H])-c1c([2H])c([2H])cc([2H])c1C2(C)C. The van der Waals surface area contributed by atoms with Crippen molar-refractivity contribution in [3.8, 4) is 11.1 Å². The first kappa shape index (κ1) is 4.52. The van der Waals surface area contributed by atoms with E-state index in [2.05, 4.69) is 0 Å². The predicted molar refractivity (Wildman–Crippen MR) is 64.0 cm³/mol. The van der Waals surface area contributed by atoms with Gasteiger partial charge in [0.2, 0.25) is 0 Å². The second-order valence-electron chi connectivity index (χ2n) is 4.24. The molecule has 0 aliphatic heterocycles. The zero-order valence-electron chi connectivity index (χ0n) is 14.7. The minimum atomic E-state index is -0.675. The average molecular weight is 200 g/mol. The Bertz CT molecular complexity index is 726. The highest BCUT2D eigenvalue weighted by Crippen LogP contribution is 2.47. The van der Waals surface area contributed by atoms with Crippen LogP contribution in [-0.4, -0.2) is 0 Å². The fourth-order valence-electron chi connectivity index (χ4n) is 2.19. The molecule has 0 saturated carbocycles. The number of benzene rings is 2. The Morgan fingerprint density at radius 2 is 1.33 bits per heavy atom. The van der Waals surface area contributed by atoms with Crippen LogP contribution >= 0.6 is 0 Å². The van der Waals surface area contributed by atoms with Crippen LogP contribution in [0.4, 0.5) is 0 Å². The van der Waals surface area contributed by atoms with Crippen molar-refractivity contribution in [2.45, 2.75) is 19.3 Å². The molecule has 0 heteroatoms. The van der Waals surface area contributed by atoms with Crippen LogP contribution < -0.4 is 0 Å². The smallest absolute Gasteiger partial charge is 0.0619 e. The van der Waals surface area contributed by atoms with E-state index in [4.69, 9.17) is 8.22 Å². The molecule has 0 heterocycles. The Kier molecular flexibility index (Phi) is 0.822.